The van der Waals surface area contributed by atoms with E-state index in [1.165, 1.54) is 18.1 Å². The number of rotatable bonds is 6. The van der Waals surface area contributed by atoms with Crippen molar-refractivity contribution in [2.24, 2.45) is 9.98 Å². The lowest BCUT2D eigenvalue weighted by Gasteiger charge is -2.27. The van der Waals surface area contributed by atoms with Crippen LogP contribution in [0.2, 0.25) is 0 Å². The Bertz CT molecular complexity index is 1190. The molecule has 33 heavy (non-hydrogen) atoms. The fourth-order valence-corrected chi connectivity index (χ4v) is 3.86. The number of halogens is 1. The monoisotopic (exact) mass is 449 g/mol. The number of carbonyl (C=O) groups excluding carboxylic acids is 2. The normalized spacial score (nSPS) is 16.6. The van der Waals surface area contributed by atoms with E-state index in [0.717, 1.165) is 16.8 Å². The van der Waals surface area contributed by atoms with Crippen molar-refractivity contribution < 1.29 is 18.7 Å². The molecular formula is C24H24FN5O3. The van der Waals surface area contributed by atoms with E-state index in [9.17, 15) is 14.0 Å². The summed E-state index contributed by atoms with van der Waals surface area (Å²) in [5, 5.41) is 3.27. The Hall–Kier alpha value is -4.01. The summed E-state index contributed by atoms with van der Waals surface area (Å²) >= 11 is 0. The van der Waals surface area contributed by atoms with Gasteiger partial charge in [-0.2, -0.15) is 0 Å². The predicted octanol–water partition coefficient (Wildman–Crippen LogP) is 3.16. The van der Waals surface area contributed by atoms with Crippen LogP contribution in [0.15, 0.2) is 58.8 Å². The van der Waals surface area contributed by atoms with Crippen LogP contribution in [-0.2, 0) is 4.79 Å². The Morgan fingerprint density at radius 1 is 1.33 bits per heavy atom. The van der Waals surface area contributed by atoms with Gasteiger partial charge in [0.05, 0.1) is 26.2 Å². The Morgan fingerprint density at radius 2 is 2.15 bits per heavy atom. The van der Waals surface area contributed by atoms with Crippen molar-refractivity contribution in [2.75, 3.05) is 32.6 Å². The average molecular weight is 449 g/mol. The Labute approximate surface area is 191 Å². The lowest BCUT2D eigenvalue weighted by molar-refractivity contribution is -0.108. The molecule has 9 heteroatoms. The van der Waals surface area contributed by atoms with Gasteiger partial charge in [0.1, 0.15) is 6.29 Å². The van der Waals surface area contributed by atoms with E-state index < -0.39 is 5.82 Å². The number of fused-ring (bicyclic) bond motifs is 1. The zero-order valence-electron chi connectivity index (χ0n) is 18.6. The summed E-state index contributed by atoms with van der Waals surface area (Å²) in [6.07, 6.45) is 4.18. The van der Waals surface area contributed by atoms with Crippen LogP contribution in [0.5, 0.6) is 5.75 Å². The zero-order chi connectivity index (χ0) is 23.5. The molecule has 1 atom stereocenters. The molecule has 1 unspecified atom stereocenters. The Kier molecular flexibility index (Phi) is 6.21. The summed E-state index contributed by atoms with van der Waals surface area (Å²) in [6.45, 7) is 2.33. The number of aldehydes is 1. The molecule has 8 nitrogen and oxygen atoms in total. The maximum atomic E-state index is 14.2. The summed E-state index contributed by atoms with van der Waals surface area (Å²) < 4.78 is 19.2. The van der Waals surface area contributed by atoms with Gasteiger partial charge < -0.3 is 24.6 Å². The molecule has 0 aromatic heterocycles. The predicted molar refractivity (Wildman–Crippen MR) is 124 cm³/mol. The summed E-state index contributed by atoms with van der Waals surface area (Å²) in [6, 6.07) is 10.1. The number of anilines is 1. The fraction of sp³-hybridized carbons (Fsp3) is 0.250. The smallest absolute Gasteiger partial charge is 0.254 e. The minimum absolute atomic E-state index is 0.0380. The van der Waals surface area contributed by atoms with Crippen molar-refractivity contribution in [3.63, 3.8) is 0 Å². The van der Waals surface area contributed by atoms with E-state index in [4.69, 9.17) is 4.74 Å². The van der Waals surface area contributed by atoms with E-state index in [1.54, 1.807) is 31.4 Å². The molecule has 2 aromatic carbocycles. The quantitative estimate of drug-likeness (QED) is 0.685. The highest BCUT2D eigenvalue weighted by molar-refractivity contribution is 6.45. The Morgan fingerprint density at radius 3 is 2.85 bits per heavy atom. The highest BCUT2D eigenvalue weighted by Crippen LogP contribution is 2.31. The molecule has 2 aliphatic heterocycles. The van der Waals surface area contributed by atoms with Crippen molar-refractivity contribution in [2.45, 2.75) is 13.0 Å². The van der Waals surface area contributed by atoms with Crippen LogP contribution in [0.25, 0.3) is 0 Å². The van der Waals surface area contributed by atoms with E-state index in [0.29, 0.717) is 30.1 Å². The molecule has 4 rings (SSSR count). The third-order valence-corrected chi connectivity index (χ3v) is 5.61. The number of aliphatic imine (C=N–C) groups is 2. The molecule has 1 amide bonds. The molecule has 170 valence electrons. The lowest BCUT2D eigenvalue weighted by Crippen LogP contribution is -2.37. The Balaban J connectivity index is 1.50. The number of nitrogens with zero attached hydrogens (tertiary/aromatic N) is 4. The highest BCUT2D eigenvalue weighted by atomic mass is 19.1. The molecule has 0 saturated carbocycles. The van der Waals surface area contributed by atoms with E-state index in [2.05, 4.69) is 15.3 Å². The largest absolute Gasteiger partial charge is 0.494 e. The number of amides is 1. The van der Waals surface area contributed by atoms with Gasteiger partial charge >= 0.3 is 0 Å². The van der Waals surface area contributed by atoms with Crippen molar-refractivity contribution in [3.05, 3.63) is 71.3 Å². The maximum Gasteiger partial charge on any atom is 0.254 e. The van der Waals surface area contributed by atoms with Crippen LogP contribution in [-0.4, -0.2) is 60.9 Å². The van der Waals surface area contributed by atoms with Crippen LogP contribution in [0, 0.1) is 12.7 Å². The summed E-state index contributed by atoms with van der Waals surface area (Å²) in [5.41, 5.74) is 2.83. The van der Waals surface area contributed by atoms with Gasteiger partial charge in [-0.15, -0.1) is 0 Å². The zero-order valence-corrected chi connectivity index (χ0v) is 18.6. The number of nitrogens with one attached hydrogen (secondary N) is 1. The number of amidine groups is 2. The van der Waals surface area contributed by atoms with Gasteiger partial charge in [-0.3, -0.25) is 9.79 Å². The second-order valence-corrected chi connectivity index (χ2v) is 7.76. The van der Waals surface area contributed by atoms with Gasteiger partial charge in [0.25, 0.3) is 5.91 Å². The molecule has 0 saturated heterocycles. The van der Waals surface area contributed by atoms with E-state index in [-0.39, 0.29) is 24.2 Å². The number of benzene rings is 2. The van der Waals surface area contributed by atoms with Crippen LogP contribution in [0.4, 0.5) is 10.1 Å². The van der Waals surface area contributed by atoms with Gasteiger partial charge in [0, 0.05) is 30.7 Å². The minimum Gasteiger partial charge on any atom is -0.494 e. The van der Waals surface area contributed by atoms with Crippen molar-refractivity contribution >= 4 is 29.6 Å². The summed E-state index contributed by atoms with van der Waals surface area (Å²) in [7, 11) is 3.02. The standard InChI is InChI=1S/C24H24FN5O3/c1-15-12-17(5-6-18(15)24(32)29(2)10-11-31)28-22-23-27-14-20(30(23)9-8-26-22)16-4-7-21(33-3)19(25)13-16/h4-9,11-13,20H,10,14H2,1-3H3,(H,26,28). The lowest BCUT2D eigenvalue weighted by atomic mass is 10.1. The van der Waals surface area contributed by atoms with Crippen LogP contribution in [0.3, 0.4) is 0 Å². The summed E-state index contributed by atoms with van der Waals surface area (Å²) in [5.74, 6) is 0.781. The third-order valence-electron chi connectivity index (χ3n) is 5.61. The number of likely N-dealkylation sites (N-methyl/N-ethyl adjacent to an activating group) is 1. The van der Waals surface area contributed by atoms with E-state index in [1.807, 2.05) is 30.2 Å². The third kappa shape index (κ3) is 4.34. The molecule has 0 fully saturated rings. The molecule has 1 N–H and O–H groups in total. The number of ether oxygens (including phenoxy) is 1. The first-order chi connectivity index (χ1) is 15.9. The summed E-state index contributed by atoms with van der Waals surface area (Å²) in [4.78, 5) is 35.6. The number of carbonyl (C=O) groups is 2. The van der Waals surface area contributed by atoms with Crippen molar-refractivity contribution in [1.82, 2.24) is 9.80 Å². The SMILES string of the molecule is COc1ccc(C2CN=C3C(Nc4ccc(C(=O)N(C)CC=O)c(C)c4)=NC=CN32)cc1F. The first-order valence-corrected chi connectivity index (χ1v) is 10.4. The topological polar surface area (TPSA) is 86.6 Å². The van der Waals surface area contributed by atoms with Crippen molar-refractivity contribution in [3.8, 4) is 5.75 Å². The van der Waals surface area contributed by atoms with Gasteiger partial charge in [-0.25, -0.2) is 9.38 Å². The van der Waals surface area contributed by atoms with Crippen LogP contribution >= 0.6 is 0 Å². The van der Waals surface area contributed by atoms with Crippen LogP contribution in [0.1, 0.15) is 27.5 Å². The average Bonchev–Trinajstić information content (AvgIpc) is 3.24. The van der Waals surface area contributed by atoms with Gasteiger partial charge in [-0.05, 0) is 48.4 Å². The molecule has 2 heterocycles. The van der Waals surface area contributed by atoms with Crippen molar-refractivity contribution in [1.29, 1.82) is 0 Å². The molecule has 0 aliphatic carbocycles. The molecule has 0 radical (unpaired) electrons. The molecular weight excluding hydrogens is 425 g/mol. The molecule has 2 aliphatic rings. The number of aryl methyl sites for hydroxylation is 1. The van der Waals surface area contributed by atoms with Crippen LogP contribution < -0.4 is 10.1 Å². The first kappa shape index (κ1) is 22.2. The molecule has 0 spiro atoms. The number of methoxy groups -OCH3 is 1. The van der Waals surface area contributed by atoms with Gasteiger partial charge in [0.2, 0.25) is 0 Å². The number of hydrogen-bond donors (Lipinski definition) is 1. The fourth-order valence-electron chi connectivity index (χ4n) is 3.86. The van der Waals surface area contributed by atoms with E-state index >= 15 is 0 Å². The number of hydrogen-bond acceptors (Lipinski definition) is 7. The first-order valence-electron chi connectivity index (χ1n) is 10.4. The van der Waals surface area contributed by atoms with Gasteiger partial charge in [0.15, 0.2) is 23.2 Å². The highest BCUT2D eigenvalue weighted by Gasteiger charge is 2.32. The molecule has 0 bridgehead atoms. The van der Waals surface area contributed by atoms with Gasteiger partial charge in [-0.1, -0.05) is 6.07 Å². The second-order valence-electron chi connectivity index (χ2n) is 7.76. The maximum absolute atomic E-state index is 14.2. The second kappa shape index (κ2) is 9.23. The molecule has 2 aromatic rings. The minimum atomic E-state index is -0.416.